The van der Waals surface area contributed by atoms with Crippen LogP contribution in [-0.2, 0) is 14.3 Å². The number of hydrogen-bond acceptors (Lipinski definition) is 4. The van der Waals surface area contributed by atoms with Gasteiger partial charge in [0.15, 0.2) is 5.78 Å². The Labute approximate surface area is 182 Å². The molecule has 0 aliphatic carbocycles. The molecule has 1 amide bonds. The van der Waals surface area contributed by atoms with Crippen LogP contribution in [0.2, 0.25) is 0 Å². The van der Waals surface area contributed by atoms with Crippen LogP contribution < -0.4 is 5.32 Å². The highest BCUT2D eigenvalue weighted by Gasteiger charge is 2.25. The second kappa shape index (κ2) is 15.6. The number of esters is 1. The first-order chi connectivity index (χ1) is 14.5. The molecule has 1 aromatic rings. The highest BCUT2D eigenvalue weighted by Crippen LogP contribution is 2.12. The molecule has 30 heavy (non-hydrogen) atoms. The van der Waals surface area contributed by atoms with E-state index in [2.05, 4.69) is 12.2 Å². The maximum Gasteiger partial charge on any atom is 0.329 e. The average molecular weight is 418 g/mol. The fraction of sp³-hybridized carbons (Fsp3) is 0.640. The normalized spacial score (nSPS) is 11.7. The minimum atomic E-state index is -0.940. The number of hydrogen-bond donors (Lipinski definition) is 1. The van der Waals surface area contributed by atoms with Crippen molar-refractivity contribution < 1.29 is 19.1 Å². The van der Waals surface area contributed by atoms with Gasteiger partial charge in [-0.3, -0.25) is 9.59 Å². The van der Waals surface area contributed by atoms with Crippen LogP contribution in [0.25, 0.3) is 0 Å². The molecule has 0 fully saturated rings. The predicted molar refractivity (Wildman–Crippen MR) is 121 cm³/mol. The van der Waals surface area contributed by atoms with Gasteiger partial charge >= 0.3 is 5.97 Å². The van der Waals surface area contributed by atoms with Gasteiger partial charge < -0.3 is 10.1 Å². The lowest BCUT2D eigenvalue weighted by Gasteiger charge is -2.17. The van der Waals surface area contributed by atoms with Crippen LogP contribution in [0.4, 0.5) is 0 Å². The van der Waals surface area contributed by atoms with Crippen LogP contribution in [0.5, 0.6) is 0 Å². The Hall–Kier alpha value is -2.17. The zero-order valence-corrected chi connectivity index (χ0v) is 19.0. The molecule has 0 bridgehead atoms. The zero-order valence-electron chi connectivity index (χ0n) is 19.0. The van der Waals surface area contributed by atoms with Gasteiger partial charge in [-0.2, -0.15) is 0 Å². The van der Waals surface area contributed by atoms with E-state index in [4.69, 9.17) is 4.74 Å². The zero-order chi connectivity index (χ0) is 22.2. The number of carbonyl (C=O) groups is 3. The molecule has 5 nitrogen and oxygen atoms in total. The quantitative estimate of drug-likeness (QED) is 0.218. The van der Waals surface area contributed by atoms with Gasteiger partial charge in [-0.05, 0) is 20.3 Å². The summed E-state index contributed by atoms with van der Waals surface area (Å²) in [4.78, 5) is 37.1. The van der Waals surface area contributed by atoms with Crippen molar-refractivity contribution in [2.24, 2.45) is 0 Å². The number of ketones is 1. The first kappa shape index (κ1) is 25.9. The molecule has 168 valence electrons. The number of amides is 1. The fourth-order valence-corrected chi connectivity index (χ4v) is 3.34. The van der Waals surface area contributed by atoms with Crippen LogP contribution in [0.1, 0.15) is 100 Å². The third kappa shape index (κ3) is 11.1. The highest BCUT2D eigenvalue weighted by molar-refractivity contribution is 5.99. The van der Waals surface area contributed by atoms with Gasteiger partial charge in [0.2, 0.25) is 5.91 Å². The van der Waals surface area contributed by atoms with Gasteiger partial charge in [0.05, 0.1) is 6.61 Å². The number of ether oxygens (including phenoxy) is 1. The summed E-state index contributed by atoms with van der Waals surface area (Å²) in [7, 11) is 0. The van der Waals surface area contributed by atoms with Crippen LogP contribution in [0, 0.1) is 6.92 Å². The third-order valence-corrected chi connectivity index (χ3v) is 5.18. The van der Waals surface area contributed by atoms with Gasteiger partial charge in [0.1, 0.15) is 6.04 Å². The molecule has 0 spiro atoms. The van der Waals surface area contributed by atoms with E-state index in [0.717, 1.165) is 24.8 Å². The average Bonchev–Trinajstić information content (AvgIpc) is 2.72. The van der Waals surface area contributed by atoms with E-state index in [1.807, 2.05) is 19.1 Å². The summed E-state index contributed by atoms with van der Waals surface area (Å²) in [6.45, 7) is 6.08. The smallest absolute Gasteiger partial charge is 0.329 e. The Kier molecular flexibility index (Phi) is 13.5. The molecule has 5 heteroatoms. The first-order valence-corrected chi connectivity index (χ1v) is 11.5. The van der Waals surface area contributed by atoms with Crippen LogP contribution >= 0.6 is 0 Å². The molecule has 0 saturated heterocycles. The Balaban J connectivity index is 2.40. The van der Waals surface area contributed by atoms with Gasteiger partial charge in [-0.15, -0.1) is 0 Å². The summed E-state index contributed by atoms with van der Waals surface area (Å²) in [5.41, 5.74) is 1.59. The second-order valence-electron chi connectivity index (χ2n) is 7.94. The summed E-state index contributed by atoms with van der Waals surface area (Å²) < 4.78 is 5.05. The SMILES string of the molecule is CCCCCCCCCCCC(=O)N[C@H](CC(=O)c1ccc(C)cc1)C(=O)OCC. The molecule has 1 atom stereocenters. The van der Waals surface area contributed by atoms with E-state index in [1.54, 1.807) is 19.1 Å². The number of nitrogens with one attached hydrogen (secondary N) is 1. The Morgan fingerprint density at radius 3 is 2.00 bits per heavy atom. The number of carbonyl (C=O) groups excluding carboxylic acids is 3. The van der Waals surface area contributed by atoms with E-state index in [-0.39, 0.29) is 24.7 Å². The summed E-state index contributed by atoms with van der Waals surface area (Å²) in [5.74, 6) is -0.942. The molecule has 0 radical (unpaired) electrons. The fourth-order valence-electron chi connectivity index (χ4n) is 3.34. The summed E-state index contributed by atoms with van der Waals surface area (Å²) in [6, 6.07) is 6.25. The first-order valence-electron chi connectivity index (χ1n) is 11.5. The van der Waals surface area contributed by atoms with Crippen molar-refractivity contribution in [2.75, 3.05) is 6.61 Å². The maximum absolute atomic E-state index is 12.5. The van der Waals surface area contributed by atoms with E-state index < -0.39 is 12.0 Å². The Morgan fingerprint density at radius 2 is 1.43 bits per heavy atom. The van der Waals surface area contributed by atoms with Crippen molar-refractivity contribution in [3.05, 3.63) is 35.4 Å². The molecular formula is C25H39NO4. The summed E-state index contributed by atoms with van der Waals surface area (Å²) in [6.07, 6.45) is 10.9. The molecule has 0 saturated carbocycles. The maximum atomic E-state index is 12.5. The summed E-state index contributed by atoms with van der Waals surface area (Å²) in [5, 5.41) is 2.70. The van der Waals surface area contributed by atoms with Crippen molar-refractivity contribution in [2.45, 2.75) is 97.4 Å². The number of rotatable bonds is 16. The molecule has 0 unspecified atom stereocenters. The van der Waals surface area contributed by atoms with E-state index >= 15 is 0 Å². The Bertz CT molecular complexity index is 639. The minimum Gasteiger partial charge on any atom is -0.464 e. The minimum absolute atomic E-state index is 0.0919. The lowest BCUT2D eigenvalue weighted by molar-refractivity contribution is -0.147. The van der Waals surface area contributed by atoms with Gasteiger partial charge in [-0.25, -0.2) is 4.79 Å². The number of aryl methyl sites for hydroxylation is 1. The molecule has 0 aliphatic rings. The molecule has 1 rings (SSSR count). The Morgan fingerprint density at radius 1 is 0.867 bits per heavy atom. The van der Waals surface area contributed by atoms with Gasteiger partial charge in [0.25, 0.3) is 0 Å². The van der Waals surface area contributed by atoms with Crippen molar-refractivity contribution in [3.63, 3.8) is 0 Å². The van der Waals surface area contributed by atoms with Crippen molar-refractivity contribution in [3.8, 4) is 0 Å². The molecule has 1 aromatic carbocycles. The lowest BCUT2D eigenvalue weighted by atomic mass is 10.0. The molecule has 0 aliphatic heterocycles. The number of unbranched alkanes of at least 4 members (excludes halogenated alkanes) is 8. The predicted octanol–water partition coefficient (Wildman–Crippen LogP) is 5.54. The highest BCUT2D eigenvalue weighted by atomic mass is 16.5. The molecular weight excluding hydrogens is 378 g/mol. The molecule has 0 aromatic heterocycles. The van der Waals surface area contributed by atoms with Gasteiger partial charge in [-0.1, -0.05) is 88.1 Å². The van der Waals surface area contributed by atoms with E-state index in [1.165, 1.54) is 38.5 Å². The molecule has 1 N–H and O–H groups in total. The largest absolute Gasteiger partial charge is 0.464 e. The van der Waals surface area contributed by atoms with Crippen molar-refractivity contribution >= 4 is 17.7 Å². The standard InChI is InChI=1S/C25H39NO4/c1-4-6-7-8-9-10-11-12-13-14-24(28)26-22(25(29)30-5-2)19-23(27)21-17-15-20(3)16-18-21/h15-18,22H,4-14,19H2,1-3H3,(H,26,28)/t22-/m1/s1. The number of benzene rings is 1. The lowest BCUT2D eigenvalue weighted by Crippen LogP contribution is -2.43. The summed E-state index contributed by atoms with van der Waals surface area (Å²) >= 11 is 0. The van der Waals surface area contributed by atoms with E-state index in [9.17, 15) is 14.4 Å². The van der Waals surface area contributed by atoms with Crippen LogP contribution in [-0.4, -0.2) is 30.3 Å². The van der Waals surface area contributed by atoms with E-state index in [0.29, 0.717) is 12.0 Å². The van der Waals surface area contributed by atoms with Crippen LogP contribution in [0.3, 0.4) is 0 Å². The number of Topliss-reactive ketones (excluding diaryl/α,β-unsaturated/α-hetero) is 1. The second-order valence-corrected chi connectivity index (χ2v) is 7.94. The van der Waals surface area contributed by atoms with Crippen LogP contribution in [0.15, 0.2) is 24.3 Å². The molecule has 0 heterocycles. The van der Waals surface area contributed by atoms with Crippen molar-refractivity contribution in [1.82, 2.24) is 5.32 Å². The van der Waals surface area contributed by atoms with Crippen molar-refractivity contribution in [1.29, 1.82) is 0 Å². The van der Waals surface area contributed by atoms with Gasteiger partial charge in [0, 0.05) is 18.4 Å². The third-order valence-electron chi connectivity index (χ3n) is 5.18. The monoisotopic (exact) mass is 417 g/mol. The topological polar surface area (TPSA) is 72.5 Å².